The highest BCUT2D eigenvalue weighted by Gasteiger charge is 2.30. The number of rotatable bonds is 1. The van der Waals surface area contributed by atoms with Gasteiger partial charge in [-0.3, -0.25) is 0 Å². The van der Waals surface area contributed by atoms with Crippen LogP contribution in [0.3, 0.4) is 0 Å². The lowest BCUT2D eigenvalue weighted by Gasteiger charge is -2.08. The lowest BCUT2D eigenvalue weighted by Crippen LogP contribution is -2.05. The van der Waals surface area contributed by atoms with Gasteiger partial charge in [-0.25, -0.2) is 0 Å². The molecule has 0 heterocycles. The van der Waals surface area contributed by atoms with Crippen LogP contribution in [0.5, 0.6) is 0 Å². The topological polar surface area (TPSA) is 12.0 Å². The zero-order chi connectivity index (χ0) is 12.2. The van der Waals surface area contributed by atoms with E-state index in [2.05, 4.69) is 23.9 Å². The van der Waals surface area contributed by atoms with E-state index in [1.807, 2.05) is 0 Å². The van der Waals surface area contributed by atoms with E-state index >= 15 is 0 Å². The van der Waals surface area contributed by atoms with Crippen LogP contribution in [0.2, 0.25) is 0 Å². The van der Waals surface area contributed by atoms with Crippen molar-refractivity contribution in [2.24, 2.45) is 0 Å². The van der Waals surface area contributed by atoms with Crippen LogP contribution in [0.25, 0.3) is 6.08 Å². The van der Waals surface area contributed by atoms with Gasteiger partial charge in [0.05, 0.1) is 5.56 Å². The first-order valence-corrected chi connectivity index (χ1v) is 4.50. The Morgan fingerprint density at radius 3 is 2.56 bits per heavy atom. The Hall–Kier alpha value is -1.89. The molecule has 0 spiro atoms. The normalized spacial score (nSPS) is 10.2. The summed E-state index contributed by atoms with van der Waals surface area (Å²) in [6.45, 7) is 3.47. The first-order chi connectivity index (χ1) is 7.49. The van der Waals surface area contributed by atoms with Crippen LogP contribution in [0.1, 0.15) is 16.7 Å². The van der Waals surface area contributed by atoms with Crippen LogP contribution in [0, 0.1) is 12.0 Å². The van der Waals surface area contributed by atoms with Gasteiger partial charge in [-0.2, -0.15) is 13.2 Å². The van der Waals surface area contributed by atoms with Gasteiger partial charge in [0.15, 0.2) is 0 Å². The van der Waals surface area contributed by atoms with Crippen molar-refractivity contribution >= 4 is 6.08 Å². The van der Waals surface area contributed by atoms with Crippen LogP contribution in [-0.4, -0.2) is 7.05 Å². The molecule has 1 aromatic carbocycles. The molecule has 84 valence electrons. The van der Waals surface area contributed by atoms with Crippen molar-refractivity contribution in [2.75, 3.05) is 7.05 Å². The molecule has 0 saturated carbocycles. The van der Waals surface area contributed by atoms with E-state index in [4.69, 9.17) is 0 Å². The fourth-order valence-corrected chi connectivity index (χ4v) is 1.15. The van der Waals surface area contributed by atoms with Gasteiger partial charge in [-0.1, -0.05) is 12.7 Å². The van der Waals surface area contributed by atoms with Gasteiger partial charge in [-0.05, 0) is 29.7 Å². The lowest BCUT2D eigenvalue weighted by molar-refractivity contribution is -0.137. The Morgan fingerprint density at radius 1 is 1.38 bits per heavy atom. The second kappa shape index (κ2) is 4.75. The summed E-state index contributed by atoms with van der Waals surface area (Å²) in [6, 6.07) is 5.95. The molecule has 4 heteroatoms. The van der Waals surface area contributed by atoms with Gasteiger partial charge >= 0.3 is 6.18 Å². The highest BCUT2D eigenvalue weighted by atomic mass is 19.4. The van der Waals surface area contributed by atoms with Crippen LogP contribution in [-0.2, 0) is 6.18 Å². The molecule has 0 aliphatic rings. The Labute approximate surface area is 92.0 Å². The maximum Gasteiger partial charge on any atom is 0.416 e. The number of hydrogen-bond donors (Lipinski definition) is 1. The fraction of sp³-hybridized carbons (Fsp3) is 0.167. The quantitative estimate of drug-likeness (QED) is 0.572. The first kappa shape index (κ1) is 12.2. The molecular weight excluding hydrogens is 215 g/mol. The molecule has 0 amide bonds. The molecule has 0 radical (unpaired) electrons. The second-order valence-electron chi connectivity index (χ2n) is 3.00. The number of benzene rings is 1. The van der Waals surface area contributed by atoms with Gasteiger partial charge < -0.3 is 5.32 Å². The largest absolute Gasteiger partial charge is 0.416 e. The van der Waals surface area contributed by atoms with E-state index in [-0.39, 0.29) is 0 Å². The van der Waals surface area contributed by atoms with Gasteiger partial charge in [0, 0.05) is 18.7 Å². The molecular formula is C12H10F3N. The van der Waals surface area contributed by atoms with Gasteiger partial charge in [0.1, 0.15) is 0 Å². The molecule has 0 aliphatic heterocycles. The van der Waals surface area contributed by atoms with Crippen molar-refractivity contribution in [3.63, 3.8) is 0 Å². The van der Waals surface area contributed by atoms with Crippen molar-refractivity contribution in [3.05, 3.63) is 41.5 Å². The molecule has 16 heavy (non-hydrogen) atoms. The lowest BCUT2D eigenvalue weighted by atomic mass is 10.0. The molecule has 0 bridgehead atoms. The maximum absolute atomic E-state index is 12.4. The van der Waals surface area contributed by atoms with E-state index in [1.165, 1.54) is 12.1 Å². The maximum atomic E-state index is 12.4. The van der Waals surface area contributed by atoms with E-state index in [1.54, 1.807) is 7.05 Å². The SMILES string of the molecule is C=Cc1cc(C(F)(F)F)ccc1C#CNC. The van der Waals surface area contributed by atoms with Crippen molar-refractivity contribution < 1.29 is 13.2 Å². The average Bonchev–Trinajstić information content (AvgIpc) is 2.24. The minimum Gasteiger partial charge on any atom is -0.349 e. The Balaban J connectivity index is 3.22. The number of hydrogen-bond acceptors (Lipinski definition) is 1. The number of nitrogens with one attached hydrogen (secondary N) is 1. The minimum absolute atomic E-state index is 0.373. The molecule has 0 saturated heterocycles. The van der Waals surface area contributed by atoms with Crippen molar-refractivity contribution in [1.82, 2.24) is 5.32 Å². The molecule has 0 aliphatic carbocycles. The summed E-state index contributed by atoms with van der Waals surface area (Å²) in [5, 5.41) is 2.59. The second-order valence-corrected chi connectivity index (χ2v) is 3.00. The first-order valence-electron chi connectivity index (χ1n) is 4.50. The Morgan fingerprint density at radius 2 is 2.06 bits per heavy atom. The molecule has 0 unspecified atom stereocenters. The molecule has 1 nitrogen and oxygen atoms in total. The number of halogens is 3. The highest BCUT2D eigenvalue weighted by Crippen LogP contribution is 2.30. The third-order valence-electron chi connectivity index (χ3n) is 1.92. The van der Waals surface area contributed by atoms with E-state index in [9.17, 15) is 13.2 Å². The van der Waals surface area contributed by atoms with E-state index in [0.717, 1.165) is 12.1 Å². The van der Waals surface area contributed by atoms with Crippen LogP contribution >= 0.6 is 0 Å². The number of alkyl halides is 3. The molecule has 1 aromatic rings. The predicted octanol–water partition coefficient (Wildman–Crippen LogP) is 2.88. The predicted molar refractivity (Wildman–Crippen MR) is 57.5 cm³/mol. The Kier molecular flexibility index (Phi) is 3.62. The highest BCUT2D eigenvalue weighted by molar-refractivity contribution is 5.59. The average molecular weight is 225 g/mol. The molecule has 1 rings (SSSR count). The monoisotopic (exact) mass is 225 g/mol. The third-order valence-corrected chi connectivity index (χ3v) is 1.92. The van der Waals surface area contributed by atoms with Crippen molar-refractivity contribution in [1.29, 1.82) is 0 Å². The van der Waals surface area contributed by atoms with E-state index in [0.29, 0.717) is 11.1 Å². The molecule has 0 aromatic heterocycles. The van der Waals surface area contributed by atoms with Gasteiger partial charge in [0.2, 0.25) is 0 Å². The minimum atomic E-state index is -4.34. The van der Waals surface area contributed by atoms with Gasteiger partial charge in [0.25, 0.3) is 0 Å². The van der Waals surface area contributed by atoms with Crippen LogP contribution < -0.4 is 5.32 Å². The van der Waals surface area contributed by atoms with E-state index < -0.39 is 11.7 Å². The Bertz CT molecular complexity index is 450. The molecule has 0 atom stereocenters. The van der Waals surface area contributed by atoms with Crippen molar-refractivity contribution in [2.45, 2.75) is 6.18 Å². The fourth-order valence-electron chi connectivity index (χ4n) is 1.15. The summed E-state index contributed by atoms with van der Waals surface area (Å²) in [7, 11) is 1.63. The van der Waals surface area contributed by atoms with Crippen LogP contribution in [0.15, 0.2) is 24.8 Å². The summed E-state index contributed by atoms with van der Waals surface area (Å²) >= 11 is 0. The summed E-state index contributed by atoms with van der Waals surface area (Å²) < 4.78 is 37.2. The summed E-state index contributed by atoms with van der Waals surface area (Å²) in [4.78, 5) is 0. The third kappa shape index (κ3) is 2.80. The van der Waals surface area contributed by atoms with Crippen molar-refractivity contribution in [3.8, 4) is 12.0 Å². The molecule has 1 N–H and O–H groups in total. The summed E-state index contributed by atoms with van der Waals surface area (Å²) in [5.74, 6) is 2.69. The zero-order valence-electron chi connectivity index (χ0n) is 8.65. The smallest absolute Gasteiger partial charge is 0.349 e. The van der Waals surface area contributed by atoms with Crippen LogP contribution in [0.4, 0.5) is 13.2 Å². The van der Waals surface area contributed by atoms with Gasteiger partial charge in [-0.15, -0.1) is 0 Å². The zero-order valence-corrected chi connectivity index (χ0v) is 8.65. The summed E-state index contributed by atoms with van der Waals surface area (Å²) in [6.07, 6.45) is -2.98. The molecule has 0 fully saturated rings. The standard InChI is InChI=1S/C12H10F3N/c1-3-9-8-11(12(13,14)15)5-4-10(9)6-7-16-2/h3-5,8,16H,1H2,2H3. The summed E-state index contributed by atoms with van der Waals surface area (Å²) in [5.41, 5.74) is 0.187.